The molecule has 0 saturated carbocycles. The van der Waals surface area contributed by atoms with E-state index in [0.29, 0.717) is 23.7 Å². The van der Waals surface area contributed by atoms with E-state index in [1.807, 2.05) is 19.1 Å². The first kappa shape index (κ1) is 17.6. The van der Waals surface area contributed by atoms with E-state index >= 15 is 0 Å². The zero-order valence-corrected chi connectivity index (χ0v) is 13.9. The summed E-state index contributed by atoms with van der Waals surface area (Å²) in [6.07, 6.45) is -0.156. The predicted octanol–water partition coefficient (Wildman–Crippen LogP) is 2.84. The van der Waals surface area contributed by atoms with Crippen LogP contribution in [0, 0.1) is 0 Å². The maximum absolute atomic E-state index is 11.8. The topological polar surface area (TPSA) is 83.7 Å². The van der Waals surface area contributed by atoms with Gasteiger partial charge in [0.1, 0.15) is 11.3 Å². The lowest BCUT2D eigenvalue weighted by atomic mass is 10.2. The van der Waals surface area contributed by atoms with Gasteiger partial charge >= 0.3 is 6.03 Å². The third kappa shape index (κ3) is 5.13. The maximum atomic E-state index is 11.8. The molecule has 2 atom stereocenters. The summed E-state index contributed by atoms with van der Waals surface area (Å²) in [6, 6.07) is 6.62. The Bertz CT molecular complexity index is 659. The minimum atomic E-state index is -0.585. The third-order valence-electron chi connectivity index (χ3n) is 3.39. The molecule has 0 saturated heterocycles. The summed E-state index contributed by atoms with van der Waals surface area (Å²) in [4.78, 5) is 11.8. The Morgan fingerprint density at radius 3 is 2.96 bits per heavy atom. The number of furan rings is 1. The van der Waals surface area contributed by atoms with Crippen LogP contribution in [-0.4, -0.2) is 37.5 Å². The van der Waals surface area contributed by atoms with Gasteiger partial charge in [-0.05, 0) is 37.6 Å². The normalized spacial score (nSPS) is 13.7. The van der Waals surface area contributed by atoms with Gasteiger partial charge in [-0.25, -0.2) is 4.79 Å². The SMILES string of the molecule is COCC(O)CCNC(=O)NC(C)c1cc2cc(Cl)ccc2o1. The number of halogens is 1. The first-order valence-corrected chi connectivity index (χ1v) is 7.77. The molecule has 1 heterocycles. The molecule has 1 aromatic heterocycles. The van der Waals surface area contributed by atoms with Crippen LogP contribution in [0.15, 0.2) is 28.7 Å². The summed E-state index contributed by atoms with van der Waals surface area (Å²) >= 11 is 5.95. The number of methoxy groups -OCH3 is 1. The molecule has 0 aliphatic carbocycles. The lowest BCUT2D eigenvalue weighted by molar-refractivity contribution is 0.0598. The predicted molar refractivity (Wildman–Crippen MR) is 88.7 cm³/mol. The summed E-state index contributed by atoms with van der Waals surface area (Å²) in [5.41, 5.74) is 0.723. The van der Waals surface area contributed by atoms with Crippen molar-refractivity contribution < 1.29 is 19.1 Å². The summed E-state index contributed by atoms with van der Waals surface area (Å²) in [7, 11) is 1.52. The van der Waals surface area contributed by atoms with Crippen LogP contribution in [0.25, 0.3) is 11.0 Å². The second-order valence-corrected chi connectivity index (χ2v) is 5.79. The van der Waals surface area contributed by atoms with Crippen LogP contribution in [0.4, 0.5) is 4.79 Å². The second kappa shape index (κ2) is 8.19. The van der Waals surface area contributed by atoms with Gasteiger partial charge in [-0.2, -0.15) is 0 Å². The fourth-order valence-corrected chi connectivity index (χ4v) is 2.38. The van der Waals surface area contributed by atoms with Crippen LogP contribution in [0.3, 0.4) is 0 Å². The number of carbonyl (C=O) groups is 1. The summed E-state index contributed by atoms with van der Waals surface area (Å²) in [5, 5.41) is 16.5. The third-order valence-corrected chi connectivity index (χ3v) is 3.63. The fraction of sp³-hybridized carbons (Fsp3) is 0.438. The molecule has 7 heteroatoms. The molecule has 0 aliphatic heterocycles. The molecule has 23 heavy (non-hydrogen) atoms. The number of urea groups is 1. The highest BCUT2D eigenvalue weighted by molar-refractivity contribution is 6.31. The molecule has 2 rings (SSSR count). The van der Waals surface area contributed by atoms with E-state index in [0.717, 1.165) is 11.0 Å². The quantitative estimate of drug-likeness (QED) is 0.723. The van der Waals surface area contributed by atoms with Crippen molar-refractivity contribution in [3.05, 3.63) is 35.0 Å². The summed E-state index contributed by atoms with van der Waals surface area (Å²) < 4.78 is 10.5. The van der Waals surface area contributed by atoms with Crippen molar-refractivity contribution in [3.63, 3.8) is 0 Å². The highest BCUT2D eigenvalue weighted by atomic mass is 35.5. The number of fused-ring (bicyclic) bond motifs is 1. The zero-order chi connectivity index (χ0) is 16.8. The highest BCUT2D eigenvalue weighted by Crippen LogP contribution is 2.26. The molecule has 0 radical (unpaired) electrons. The molecule has 2 amide bonds. The highest BCUT2D eigenvalue weighted by Gasteiger charge is 2.14. The van der Waals surface area contributed by atoms with Gasteiger partial charge < -0.3 is 24.9 Å². The largest absolute Gasteiger partial charge is 0.459 e. The van der Waals surface area contributed by atoms with Crippen molar-refractivity contribution >= 4 is 28.6 Å². The van der Waals surface area contributed by atoms with E-state index in [4.69, 9.17) is 20.8 Å². The van der Waals surface area contributed by atoms with Gasteiger partial charge in [0.15, 0.2) is 0 Å². The number of hydrogen-bond acceptors (Lipinski definition) is 4. The van der Waals surface area contributed by atoms with Crippen molar-refractivity contribution in [2.75, 3.05) is 20.3 Å². The molecule has 0 spiro atoms. The molecule has 3 N–H and O–H groups in total. The monoisotopic (exact) mass is 340 g/mol. The van der Waals surface area contributed by atoms with Crippen molar-refractivity contribution in [1.29, 1.82) is 0 Å². The number of amides is 2. The Hall–Kier alpha value is -1.76. The van der Waals surface area contributed by atoms with Crippen LogP contribution in [0.5, 0.6) is 0 Å². The Morgan fingerprint density at radius 1 is 1.43 bits per heavy atom. The molecule has 0 fully saturated rings. The van der Waals surface area contributed by atoms with Crippen LogP contribution >= 0.6 is 11.6 Å². The average Bonchev–Trinajstić information content (AvgIpc) is 2.90. The number of aliphatic hydroxyl groups excluding tert-OH is 1. The Morgan fingerprint density at radius 2 is 2.22 bits per heavy atom. The van der Waals surface area contributed by atoms with Gasteiger partial charge in [-0.15, -0.1) is 0 Å². The minimum absolute atomic E-state index is 0.251. The minimum Gasteiger partial charge on any atom is -0.459 e. The number of aliphatic hydroxyl groups is 1. The number of hydrogen-bond donors (Lipinski definition) is 3. The molecule has 0 bridgehead atoms. The zero-order valence-electron chi connectivity index (χ0n) is 13.1. The first-order valence-electron chi connectivity index (χ1n) is 7.40. The second-order valence-electron chi connectivity index (χ2n) is 5.35. The number of carbonyl (C=O) groups excluding carboxylic acids is 1. The molecule has 0 aliphatic rings. The Labute approximate surface area is 139 Å². The first-order chi connectivity index (χ1) is 11.0. The van der Waals surface area contributed by atoms with Gasteiger partial charge in [-0.1, -0.05) is 11.6 Å². The van der Waals surface area contributed by atoms with E-state index in [1.54, 1.807) is 12.1 Å². The van der Waals surface area contributed by atoms with Crippen LogP contribution in [0.2, 0.25) is 5.02 Å². The molecular weight excluding hydrogens is 320 g/mol. The Balaban J connectivity index is 1.85. The number of ether oxygens (including phenoxy) is 1. The van der Waals surface area contributed by atoms with Crippen LogP contribution in [0.1, 0.15) is 25.1 Å². The molecule has 1 aromatic carbocycles. The fourth-order valence-electron chi connectivity index (χ4n) is 2.19. The van der Waals surface area contributed by atoms with Crippen molar-refractivity contribution in [2.45, 2.75) is 25.5 Å². The number of rotatable bonds is 7. The number of benzene rings is 1. The van der Waals surface area contributed by atoms with Crippen molar-refractivity contribution in [1.82, 2.24) is 10.6 Å². The van der Waals surface area contributed by atoms with Gasteiger partial charge in [0.25, 0.3) is 0 Å². The molecule has 2 unspecified atom stereocenters. The molecule has 126 valence electrons. The maximum Gasteiger partial charge on any atom is 0.315 e. The number of nitrogens with one attached hydrogen (secondary N) is 2. The van der Waals surface area contributed by atoms with E-state index in [1.165, 1.54) is 7.11 Å². The smallest absolute Gasteiger partial charge is 0.315 e. The van der Waals surface area contributed by atoms with Gasteiger partial charge in [0.05, 0.1) is 18.8 Å². The molecular formula is C16H21ClN2O4. The molecule has 2 aromatic rings. The van der Waals surface area contributed by atoms with E-state index < -0.39 is 6.10 Å². The molecule has 6 nitrogen and oxygen atoms in total. The standard InChI is InChI=1S/C16H21ClN2O4/c1-10(19-16(21)18-6-5-13(20)9-22-2)15-8-11-7-12(17)3-4-14(11)23-15/h3-4,7-8,10,13,20H,5-6,9H2,1-2H3,(H2,18,19,21). The van der Waals surface area contributed by atoms with Crippen molar-refractivity contribution in [3.8, 4) is 0 Å². The van der Waals surface area contributed by atoms with E-state index in [9.17, 15) is 9.90 Å². The van der Waals surface area contributed by atoms with Crippen LogP contribution < -0.4 is 10.6 Å². The average molecular weight is 341 g/mol. The van der Waals surface area contributed by atoms with Crippen LogP contribution in [-0.2, 0) is 4.74 Å². The van der Waals surface area contributed by atoms with Gasteiger partial charge in [0, 0.05) is 24.1 Å². The van der Waals surface area contributed by atoms with E-state index in [-0.39, 0.29) is 18.7 Å². The summed E-state index contributed by atoms with van der Waals surface area (Å²) in [6.45, 7) is 2.44. The van der Waals surface area contributed by atoms with Gasteiger partial charge in [0.2, 0.25) is 0 Å². The Kier molecular flexibility index (Phi) is 6.27. The summed E-state index contributed by atoms with van der Waals surface area (Å²) in [5.74, 6) is 0.650. The lowest BCUT2D eigenvalue weighted by Crippen LogP contribution is -2.38. The van der Waals surface area contributed by atoms with Gasteiger partial charge in [-0.3, -0.25) is 0 Å². The lowest BCUT2D eigenvalue weighted by Gasteiger charge is -2.14. The van der Waals surface area contributed by atoms with Crippen molar-refractivity contribution in [2.24, 2.45) is 0 Å². The van der Waals surface area contributed by atoms with E-state index in [2.05, 4.69) is 10.6 Å².